The number of carbonyl (C=O) groups excluding carboxylic acids is 2. The predicted octanol–water partition coefficient (Wildman–Crippen LogP) is 2.36. The fourth-order valence-electron chi connectivity index (χ4n) is 3.31. The molecule has 240 valence electrons. The summed E-state index contributed by atoms with van der Waals surface area (Å²) in [6.07, 6.45) is 5.65. The number of anilines is 2. The summed E-state index contributed by atoms with van der Waals surface area (Å²) in [4.78, 5) is 70.1. The lowest BCUT2D eigenvalue weighted by Gasteiger charge is -2.14. The maximum absolute atomic E-state index is 12.3. The summed E-state index contributed by atoms with van der Waals surface area (Å²) in [6, 6.07) is 4.86. The molecule has 0 aliphatic heterocycles. The Labute approximate surface area is 254 Å². The number of carboxylic acids is 2. The number of aromatic nitrogens is 4. The number of aliphatic hydroxyl groups is 1. The number of unbranched alkanes of at least 4 members (excludes halogenated alkanes) is 2. The van der Waals surface area contributed by atoms with Gasteiger partial charge in [-0.05, 0) is 49.4 Å². The molecule has 0 bridgehead atoms. The zero-order chi connectivity index (χ0) is 33.1. The molecule has 3 rings (SSSR count). The fourth-order valence-corrected chi connectivity index (χ4v) is 3.31. The average molecular weight is 616 g/mol. The molecule has 0 aliphatic rings. The number of nitrogens with two attached hydrogens (primary N) is 1. The minimum atomic E-state index is -1.31. The van der Waals surface area contributed by atoms with Crippen LogP contribution in [0.15, 0.2) is 35.3 Å². The van der Waals surface area contributed by atoms with E-state index in [2.05, 4.69) is 51.3 Å². The van der Waals surface area contributed by atoms with Gasteiger partial charge in [0.05, 0.1) is 18.4 Å². The van der Waals surface area contributed by atoms with E-state index in [1.807, 2.05) is 0 Å². The number of amides is 1. The van der Waals surface area contributed by atoms with E-state index >= 15 is 0 Å². The number of rotatable bonds is 14. The van der Waals surface area contributed by atoms with E-state index in [-0.39, 0.29) is 42.1 Å². The fraction of sp³-hybridized carbons (Fsp3) is 0.448. The zero-order valence-corrected chi connectivity index (χ0v) is 25.1. The molecule has 3 aromatic rings. The van der Waals surface area contributed by atoms with Crippen LogP contribution < -0.4 is 21.9 Å². The lowest BCUT2D eigenvalue weighted by molar-refractivity contribution is -0.140. The van der Waals surface area contributed by atoms with E-state index in [0.717, 1.165) is 32.0 Å². The van der Waals surface area contributed by atoms with Crippen LogP contribution in [0.25, 0.3) is 11.2 Å². The molecule has 8 N–H and O–H groups in total. The van der Waals surface area contributed by atoms with Crippen LogP contribution >= 0.6 is 0 Å². The van der Waals surface area contributed by atoms with Gasteiger partial charge in [-0.15, -0.1) is 0 Å². The minimum Gasteiger partial charge on any atom is -0.481 e. The van der Waals surface area contributed by atoms with Crippen molar-refractivity contribution in [1.82, 2.24) is 25.3 Å². The molecular formula is C29H41N7O8. The molecule has 0 unspecified atom stereocenters. The van der Waals surface area contributed by atoms with Crippen molar-refractivity contribution in [2.24, 2.45) is 5.92 Å². The highest BCUT2D eigenvalue weighted by atomic mass is 16.4. The number of fused-ring (bicyclic) bond motifs is 1. The van der Waals surface area contributed by atoms with Crippen LogP contribution in [0.2, 0.25) is 0 Å². The van der Waals surface area contributed by atoms with Crippen LogP contribution in [0.3, 0.4) is 0 Å². The number of nitrogens with one attached hydrogen (secondary N) is 3. The standard InChI is InChI=1S/C19H19N7O6.C5H12O.C5H10O/c20-19-25-15-14(17(30)26-19)23-11(8-22-15)7-21-10-3-1-9(2-4-10)16(29)24-12(18(31)32)5-6-13(27)28;1-5(2)3-4-6;1-2-3-4-5-6/h1-4,8,12,21H,5-7H2,(H,24,29)(H,27,28)(H,31,32)(H3,20,22,25,26,30);5-6H,3-4H2,1-2H3;5H,2-4H2,1H3/t12-;;/m0../s1. The number of carbonyl (C=O) groups is 4. The summed E-state index contributed by atoms with van der Waals surface area (Å²) in [7, 11) is 0. The summed E-state index contributed by atoms with van der Waals surface area (Å²) >= 11 is 0. The lowest BCUT2D eigenvalue weighted by atomic mass is 10.1. The topological polar surface area (TPSA) is 251 Å². The van der Waals surface area contributed by atoms with Crippen molar-refractivity contribution in [1.29, 1.82) is 0 Å². The molecule has 1 atom stereocenters. The number of nitrogen functional groups attached to an aromatic ring is 1. The Kier molecular flexibility index (Phi) is 16.9. The van der Waals surface area contributed by atoms with Gasteiger partial charge >= 0.3 is 17.5 Å². The Morgan fingerprint density at radius 3 is 2.27 bits per heavy atom. The molecule has 1 aromatic carbocycles. The van der Waals surface area contributed by atoms with Crippen LogP contribution in [0.4, 0.5) is 11.6 Å². The van der Waals surface area contributed by atoms with Gasteiger partial charge in [-0.3, -0.25) is 14.4 Å². The summed E-state index contributed by atoms with van der Waals surface area (Å²) in [5.74, 6) is -2.51. The second-order valence-corrected chi connectivity index (χ2v) is 9.93. The van der Waals surface area contributed by atoms with Crippen LogP contribution in [-0.4, -0.2) is 72.0 Å². The minimum absolute atomic E-state index is 0.0524. The van der Waals surface area contributed by atoms with Crippen molar-refractivity contribution in [2.45, 2.75) is 71.9 Å². The van der Waals surface area contributed by atoms with Gasteiger partial charge in [0.15, 0.2) is 11.2 Å². The number of aliphatic carboxylic acids is 2. The maximum atomic E-state index is 12.3. The van der Waals surface area contributed by atoms with E-state index in [4.69, 9.17) is 21.1 Å². The molecule has 2 heterocycles. The number of aromatic amines is 1. The molecule has 2 aromatic heterocycles. The molecule has 0 saturated heterocycles. The maximum Gasteiger partial charge on any atom is 0.326 e. The number of hydrogen-bond donors (Lipinski definition) is 7. The number of aliphatic hydroxyl groups excluding tert-OH is 1. The Morgan fingerprint density at radius 2 is 1.77 bits per heavy atom. The van der Waals surface area contributed by atoms with Crippen LogP contribution in [0, 0.1) is 5.92 Å². The van der Waals surface area contributed by atoms with Crippen molar-refractivity contribution in [3.05, 3.63) is 52.1 Å². The molecule has 0 fully saturated rings. The van der Waals surface area contributed by atoms with Gasteiger partial charge < -0.3 is 41.5 Å². The summed E-state index contributed by atoms with van der Waals surface area (Å²) < 4.78 is 0. The van der Waals surface area contributed by atoms with Crippen molar-refractivity contribution in [2.75, 3.05) is 17.7 Å². The molecule has 44 heavy (non-hydrogen) atoms. The van der Waals surface area contributed by atoms with Crippen molar-refractivity contribution >= 4 is 46.9 Å². The molecule has 1 amide bonds. The van der Waals surface area contributed by atoms with Gasteiger partial charge in [0.1, 0.15) is 12.3 Å². The molecule has 15 heteroatoms. The second-order valence-electron chi connectivity index (χ2n) is 9.93. The number of nitrogens with zero attached hydrogens (tertiary/aromatic N) is 3. The average Bonchev–Trinajstić information content (AvgIpc) is 2.97. The third-order valence-electron chi connectivity index (χ3n) is 5.75. The van der Waals surface area contributed by atoms with Crippen LogP contribution in [0.1, 0.15) is 75.3 Å². The van der Waals surface area contributed by atoms with Gasteiger partial charge in [-0.25, -0.2) is 14.8 Å². The third-order valence-corrected chi connectivity index (χ3v) is 5.75. The van der Waals surface area contributed by atoms with E-state index < -0.39 is 29.4 Å². The van der Waals surface area contributed by atoms with Crippen molar-refractivity contribution in [3.8, 4) is 0 Å². The number of carboxylic acid groups (broad SMARTS) is 2. The van der Waals surface area contributed by atoms with Gasteiger partial charge in [0.25, 0.3) is 5.91 Å². The normalized spacial score (nSPS) is 10.9. The van der Waals surface area contributed by atoms with E-state index in [0.29, 0.717) is 23.9 Å². The van der Waals surface area contributed by atoms with Crippen molar-refractivity contribution in [3.63, 3.8) is 0 Å². The lowest BCUT2D eigenvalue weighted by Crippen LogP contribution is -2.41. The highest BCUT2D eigenvalue weighted by Crippen LogP contribution is 2.12. The predicted molar refractivity (Wildman–Crippen MR) is 164 cm³/mol. The van der Waals surface area contributed by atoms with E-state index in [9.17, 15) is 24.0 Å². The summed E-state index contributed by atoms with van der Waals surface area (Å²) in [5, 5.41) is 31.4. The smallest absolute Gasteiger partial charge is 0.326 e. The summed E-state index contributed by atoms with van der Waals surface area (Å²) in [5.41, 5.74) is 6.47. The zero-order valence-electron chi connectivity index (χ0n) is 25.1. The molecule has 0 radical (unpaired) electrons. The van der Waals surface area contributed by atoms with Crippen LogP contribution in [-0.2, 0) is 20.9 Å². The van der Waals surface area contributed by atoms with Gasteiger partial charge in [0, 0.05) is 30.7 Å². The highest BCUT2D eigenvalue weighted by Gasteiger charge is 2.21. The largest absolute Gasteiger partial charge is 0.481 e. The Bertz CT molecular complexity index is 1410. The molecule has 0 spiro atoms. The first-order valence-electron chi connectivity index (χ1n) is 14.1. The SMILES string of the molecule is CC(C)CCO.CCCCC=O.Nc1nc(=O)c2nc(CNc3ccc(C(=O)N[C@@H](CCC(=O)O)C(=O)O)cc3)cnc2[nH]1. The van der Waals surface area contributed by atoms with Gasteiger partial charge in [-0.2, -0.15) is 4.98 Å². The van der Waals surface area contributed by atoms with Crippen molar-refractivity contribution < 1.29 is 34.5 Å². The second kappa shape index (κ2) is 20.1. The number of hydrogen-bond acceptors (Lipinski definition) is 11. The molecule has 15 nitrogen and oxygen atoms in total. The highest BCUT2D eigenvalue weighted by molar-refractivity contribution is 5.96. The van der Waals surface area contributed by atoms with Crippen LogP contribution in [0.5, 0.6) is 0 Å². The Hall–Kier alpha value is -4.92. The number of benzene rings is 1. The first-order chi connectivity index (χ1) is 20.9. The Balaban J connectivity index is 0.000000681. The first kappa shape index (κ1) is 37.1. The Morgan fingerprint density at radius 1 is 1.09 bits per heavy atom. The number of H-pyrrole nitrogens is 1. The van der Waals surface area contributed by atoms with E-state index in [1.54, 1.807) is 12.1 Å². The molecule has 0 aliphatic carbocycles. The van der Waals surface area contributed by atoms with Gasteiger partial charge in [0.2, 0.25) is 5.95 Å². The third kappa shape index (κ3) is 14.3. The molecule has 0 saturated carbocycles. The number of aldehydes is 1. The monoisotopic (exact) mass is 615 g/mol. The van der Waals surface area contributed by atoms with E-state index in [1.165, 1.54) is 18.3 Å². The summed E-state index contributed by atoms with van der Waals surface area (Å²) in [6.45, 7) is 6.82. The first-order valence-corrected chi connectivity index (χ1v) is 14.1. The molecular weight excluding hydrogens is 574 g/mol. The van der Waals surface area contributed by atoms with Gasteiger partial charge in [-0.1, -0.05) is 27.2 Å². The quantitative estimate of drug-likeness (QED) is 0.102.